The zero-order valence-corrected chi connectivity index (χ0v) is 11.2. The van der Waals surface area contributed by atoms with Crippen LogP contribution in [0.2, 0.25) is 5.22 Å². The normalized spacial score (nSPS) is 25.5. The molecule has 0 spiro atoms. The number of hydrogen-bond acceptors (Lipinski definition) is 4. The monoisotopic (exact) mass is 270 g/mol. The zero-order valence-electron chi connectivity index (χ0n) is 10.4. The van der Waals surface area contributed by atoms with Crippen molar-refractivity contribution in [3.63, 3.8) is 0 Å². The molecule has 1 aromatic rings. The standard InChI is InChI=1S/C13H19ClN2O2/c14-13-4-3-11(18-13)7-15-8-12-9-16(5-6-17-12)10-1-2-10/h3-4,10,12,15H,1-2,5-9H2/t12-/m1/s1. The highest BCUT2D eigenvalue weighted by molar-refractivity contribution is 6.28. The van der Waals surface area contributed by atoms with Gasteiger partial charge in [0.25, 0.3) is 0 Å². The van der Waals surface area contributed by atoms with E-state index in [1.807, 2.05) is 6.07 Å². The van der Waals surface area contributed by atoms with E-state index in [2.05, 4.69) is 10.2 Å². The van der Waals surface area contributed by atoms with Crippen LogP contribution in [0.15, 0.2) is 16.5 Å². The summed E-state index contributed by atoms with van der Waals surface area (Å²) in [5, 5.41) is 3.81. The molecule has 0 amide bonds. The fourth-order valence-corrected chi connectivity index (χ4v) is 2.60. The van der Waals surface area contributed by atoms with Gasteiger partial charge in [-0.15, -0.1) is 0 Å². The van der Waals surface area contributed by atoms with Crippen LogP contribution in [0.1, 0.15) is 18.6 Å². The third-order valence-electron chi connectivity index (χ3n) is 3.53. The summed E-state index contributed by atoms with van der Waals surface area (Å²) >= 11 is 5.72. The van der Waals surface area contributed by atoms with Crippen molar-refractivity contribution in [2.24, 2.45) is 0 Å². The molecule has 2 fully saturated rings. The van der Waals surface area contributed by atoms with Crippen molar-refractivity contribution in [1.29, 1.82) is 0 Å². The maximum atomic E-state index is 5.77. The lowest BCUT2D eigenvalue weighted by molar-refractivity contribution is -0.0302. The third-order valence-corrected chi connectivity index (χ3v) is 3.74. The molecule has 4 nitrogen and oxygen atoms in total. The van der Waals surface area contributed by atoms with Crippen LogP contribution in [-0.4, -0.2) is 43.3 Å². The summed E-state index contributed by atoms with van der Waals surface area (Å²) in [5.74, 6) is 0.870. The van der Waals surface area contributed by atoms with Crippen molar-refractivity contribution in [3.8, 4) is 0 Å². The second kappa shape index (κ2) is 5.61. The minimum absolute atomic E-state index is 0.296. The fourth-order valence-electron chi connectivity index (χ4n) is 2.44. The van der Waals surface area contributed by atoms with E-state index in [9.17, 15) is 0 Å². The van der Waals surface area contributed by atoms with Gasteiger partial charge >= 0.3 is 0 Å². The maximum Gasteiger partial charge on any atom is 0.193 e. The summed E-state index contributed by atoms with van der Waals surface area (Å²) in [6.07, 6.45) is 3.03. The van der Waals surface area contributed by atoms with E-state index >= 15 is 0 Å². The SMILES string of the molecule is Clc1ccc(CNC[C@@H]2CN(C3CC3)CCO2)o1. The van der Waals surface area contributed by atoms with Crippen LogP contribution in [0.4, 0.5) is 0 Å². The van der Waals surface area contributed by atoms with Gasteiger partial charge in [0.1, 0.15) is 5.76 Å². The molecule has 1 aliphatic heterocycles. The molecule has 1 N–H and O–H groups in total. The van der Waals surface area contributed by atoms with E-state index in [0.717, 1.165) is 38.0 Å². The molecular formula is C13H19ClN2O2. The van der Waals surface area contributed by atoms with Gasteiger partial charge in [0.05, 0.1) is 19.3 Å². The summed E-state index contributed by atoms with van der Waals surface area (Å²) in [5.41, 5.74) is 0. The quantitative estimate of drug-likeness (QED) is 0.887. The summed E-state index contributed by atoms with van der Waals surface area (Å²) < 4.78 is 11.1. The molecule has 0 bridgehead atoms. The lowest BCUT2D eigenvalue weighted by atomic mass is 10.2. The van der Waals surface area contributed by atoms with E-state index in [-0.39, 0.29) is 0 Å². The topological polar surface area (TPSA) is 37.6 Å². The van der Waals surface area contributed by atoms with E-state index < -0.39 is 0 Å². The highest BCUT2D eigenvalue weighted by atomic mass is 35.5. The van der Waals surface area contributed by atoms with Gasteiger partial charge in [-0.05, 0) is 36.6 Å². The molecule has 0 radical (unpaired) electrons. The number of halogens is 1. The Kier molecular flexibility index (Phi) is 3.89. The largest absolute Gasteiger partial charge is 0.448 e. The Balaban J connectivity index is 1.39. The van der Waals surface area contributed by atoms with Crippen LogP contribution in [0.3, 0.4) is 0 Å². The average Bonchev–Trinajstić information content (AvgIpc) is 3.14. The second-order valence-corrected chi connectivity index (χ2v) is 5.43. The predicted molar refractivity (Wildman–Crippen MR) is 69.8 cm³/mol. The van der Waals surface area contributed by atoms with Gasteiger partial charge in [0.2, 0.25) is 0 Å². The number of hydrogen-bond donors (Lipinski definition) is 1. The molecule has 18 heavy (non-hydrogen) atoms. The van der Waals surface area contributed by atoms with Crippen molar-refractivity contribution in [1.82, 2.24) is 10.2 Å². The minimum atomic E-state index is 0.296. The number of nitrogens with one attached hydrogen (secondary N) is 1. The van der Waals surface area contributed by atoms with Crippen LogP contribution < -0.4 is 5.32 Å². The highest BCUT2D eigenvalue weighted by Gasteiger charge is 2.32. The van der Waals surface area contributed by atoms with E-state index in [1.54, 1.807) is 6.07 Å². The van der Waals surface area contributed by atoms with Crippen molar-refractivity contribution in [2.45, 2.75) is 31.5 Å². The summed E-state index contributed by atoms with van der Waals surface area (Å²) in [6, 6.07) is 4.50. The van der Waals surface area contributed by atoms with E-state index in [0.29, 0.717) is 17.9 Å². The van der Waals surface area contributed by atoms with Crippen LogP contribution >= 0.6 is 11.6 Å². The van der Waals surface area contributed by atoms with Gasteiger partial charge in [0.15, 0.2) is 5.22 Å². The van der Waals surface area contributed by atoms with Gasteiger partial charge in [-0.2, -0.15) is 0 Å². The molecule has 0 unspecified atom stereocenters. The smallest absolute Gasteiger partial charge is 0.193 e. The zero-order chi connectivity index (χ0) is 12.4. The first-order chi connectivity index (χ1) is 8.81. The summed E-state index contributed by atoms with van der Waals surface area (Å²) in [7, 11) is 0. The molecule has 1 aromatic heterocycles. The molecule has 1 saturated carbocycles. The Bertz CT molecular complexity index is 392. The van der Waals surface area contributed by atoms with Gasteiger partial charge in [-0.3, -0.25) is 4.90 Å². The first-order valence-electron chi connectivity index (χ1n) is 6.62. The number of furan rings is 1. The molecule has 1 atom stereocenters. The third kappa shape index (κ3) is 3.26. The highest BCUT2D eigenvalue weighted by Crippen LogP contribution is 2.28. The van der Waals surface area contributed by atoms with Gasteiger partial charge < -0.3 is 14.5 Å². The number of ether oxygens (including phenoxy) is 1. The lowest BCUT2D eigenvalue weighted by Crippen LogP contribution is -2.47. The predicted octanol–water partition coefficient (Wildman–Crippen LogP) is 1.89. The minimum Gasteiger partial charge on any atom is -0.448 e. The van der Waals surface area contributed by atoms with E-state index in [1.165, 1.54) is 12.8 Å². The first-order valence-corrected chi connectivity index (χ1v) is 6.99. The van der Waals surface area contributed by atoms with Gasteiger partial charge in [-0.25, -0.2) is 0 Å². The van der Waals surface area contributed by atoms with Crippen molar-refractivity contribution in [2.75, 3.05) is 26.2 Å². The van der Waals surface area contributed by atoms with Crippen molar-refractivity contribution < 1.29 is 9.15 Å². The van der Waals surface area contributed by atoms with Crippen LogP contribution in [0, 0.1) is 0 Å². The molecule has 1 saturated heterocycles. The fraction of sp³-hybridized carbons (Fsp3) is 0.692. The number of rotatable bonds is 5. The molecule has 2 heterocycles. The van der Waals surface area contributed by atoms with Gasteiger partial charge in [0, 0.05) is 25.7 Å². The Morgan fingerprint density at radius 3 is 3.00 bits per heavy atom. The Morgan fingerprint density at radius 2 is 2.28 bits per heavy atom. The Morgan fingerprint density at radius 1 is 1.39 bits per heavy atom. The summed E-state index contributed by atoms with van der Waals surface area (Å²) in [4.78, 5) is 2.56. The average molecular weight is 271 g/mol. The maximum absolute atomic E-state index is 5.77. The summed E-state index contributed by atoms with van der Waals surface area (Å²) in [6.45, 7) is 4.57. The van der Waals surface area contributed by atoms with Crippen LogP contribution in [-0.2, 0) is 11.3 Å². The lowest BCUT2D eigenvalue weighted by Gasteiger charge is -2.33. The van der Waals surface area contributed by atoms with Crippen LogP contribution in [0.5, 0.6) is 0 Å². The number of morpholine rings is 1. The van der Waals surface area contributed by atoms with Gasteiger partial charge in [-0.1, -0.05) is 0 Å². The van der Waals surface area contributed by atoms with E-state index in [4.69, 9.17) is 20.8 Å². The molecule has 5 heteroatoms. The molecule has 0 aromatic carbocycles. The molecular weight excluding hydrogens is 252 g/mol. The molecule has 1 aliphatic carbocycles. The first kappa shape index (κ1) is 12.5. The van der Waals surface area contributed by atoms with Crippen molar-refractivity contribution in [3.05, 3.63) is 23.1 Å². The number of nitrogens with zero attached hydrogens (tertiary/aromatic N) is 1. The molecule has 3 rings (SSSR count). The Labute approximate surface area is 112 Å². The Hall–Kier alpha value is -0.550. The molecule has 2 aliphatic rings. The van der Waals surface area contributed by atoms with Crippen LogP contribution in [0.25, 0.3) is 0 Å². The van der Waals surface area contributed by atoms with Crippen molar-refractivity contribution >= 4 is 11.6 Å². The molecule has 100 valence electrons. The second-order valence-electron chi connectivity index (χ2n) is 5.06.